The van der Waals surface area contributed by atoms with E-state index < -0.39 is 6.89 Å². The molecule has 0 saturated heterocycles. The molecule has 1 aromatic heterocycles. The number of benzene rings is 1. The second-order valence-corrected chi connectivity index (χ2v) is 9.51. The summed E-state index contributed by atoms with van der Waals surface area (Å²) in [4.78, 5) is 8.89. The van der Waals surface area contributed by atoms with Gasteiger partial charge in [0.1, 0.15) is 5.82 Å². The van der Waals surface area contributed by atoms with Gasteiger partial charge in [-0.2, -0.15) is 0 Å². The third kappa shape index (κ3) is 2.35. The summed E-state index contributed by atoms with van der Waals surface area (Å²) in [7, 11) is 0. The van der Waals surface area contributed by atoms with Crippen molar-refractivity contribution in [2.75, 3.05) is 13.3 Å². The second kappa shape index (κ2) is 4.51. The molecule has 1 aromatic carbocycles. The number of rotatable bonds is 2. The molecule has 96 valence electrons. The average Bonchev–Trinajstić information content (AvgIpc) is 2.25. The van der Waals surface area contributed by atoms with Crippen molar-refractivity contribution in [2.45, 2.75) is 26.7 Å². The van der Waals surface area contributed by atoms with Crippen LogP contribution >= 0.6 is 6.89 Å². The van der Waals surface area contributed by atoms with Gasteiger partial charge in [-0.05, 0) is 43.1 Å². The van der Waals surface area contributed by atoms with Gasteiger partial charge in [-0.1, -0.05) is 33.1 Å². The summed E-state index contributed by atoms with van der Waals surface area (Å²) in [5.41, 5.74) is 2.43. The van der Waals surface area contributed by atoms with Gasteiger partial charge in [-0.25, -0.2) is 9.97 Å². The molecule has 0 aliphatic carbocycles. The molecule has 0 saturated carbocycles. The SMILES string of the molecule is C=P(C)(C)c1c(C(C)C)ccc2nc(C)ncc12. The fourth-order valence-corrected chi connectivity index (χ4v) is 4.20. The van der Waals surface area contributed by atoms with E-state index in [2.05, 4.69) is 55.6 Å². The van der Waals surface area contributed by atoms with Crippen LogP contribution in [0, 0.1) is 6.92 Å². The van der Waals surface area contributed by atoms with Crippen LogP contribution in [0.5, 0.6) is 0 Å². The van der Waals surface area contributed by atoms with Crippen LogP contribution < -0.4 is 5.30 Å². The van der Waals surface area contributed by atoms with Crippen molar-refractivity contribution in [3.63, 3.8) is 0 Å². The van der Waals surface area contributed by atoms with Crippen molar-refractivity contribution >= 4 is 29.4 Å². The Morgan fingerprint density at radius 2 is 1.89 bits per heavy atom. The van der Waals surface area contributed by atoms with Crippen LogP contribution in [0.2, 0.25) is 0 Å². The first-order valence-corrected chi connectivity index (χ1v) is 9.12. The molecule has 2 rings (SSSR count). The van der Waals surface area contributed by atoms with Crippen molar-refractivity contribution in [2.24, 2.45) is 0 Å². The highest BCUT2D eigenvalue weighted by atomic mass is 31.2. The monoisotopic (exact) mass is 260 g/mol. The lowest BCUT2D eigenvalue weighted by Crippen LogP contribution is -2.14. The second-order valence-electron chi connectivity index (χ2n) is 5.69. The largest absolute Gasteiger partial charge is 0.241 e. The van der Waals surface area contributed by atoms with Gasteiger partial charge in [0.2, 0.25) is 0 Å². The molecule has 2 aromatic rings. The minimum absolute atomic E-state index is 0.506. The molecule has 1 heterocycles. The van der Waals surface area contributed by atoms with E-state index in [9.17, 15) is 0 Å². The van der Waals surface area contributed by atoms with Gasteiger partial charge in [-0.15, -0.1) is 0 Å². The van der Waals surface area contributed by atoms with Gasteiger partial charge in [-0.3, -0.25) is 0 Å². The van der Waals surface area contributed by atoms with E-state index in [1.807, 2.05) is 13.1 Å². The zero-order valence-corrected chi connectivity index (χ0v) is 12.8. The zero-order chi connectivity index (χ0) is 13.5. The maximum absolute atomic E-state index is 4.53. The third-order valence-electron chi connectivity index (χ3n) is 3.12. The summed E-state index contributed by atoms with van der Waals surface area (Å²) >= 11 is 0. The Balaban J connectivity index is 2.90. The maximum Gasteiger partial charge on any atom is 0.125 e. The number of hydrogen-bond donors (Lipinski definition) is 0. The highest BCUT2D eigenvalue weighted by Gasteiger charge is 2.17. The highest BCUT2D eigenvalue weighted by Crippen LogP contribution is 2.40. The van der Waals surface area contributed by atoms with Crippen LogP contribution in [0.1, 0.15) is 31.2 Å². The first-order valence-electron chi connectivity index (χ1n) is 6.26. The summed E-state index contributed by atoms with van der Waals surface area (Å²) in [5.74, 6) is 1.33. The van der Waals surface area contributed by atoms with Crippen molar-refractivity contribution < 1.29 is 0 Å². The molecule has 0 radical (unpaired) electrons. The number of fused-ring (bicyclic) bond motifs is 1. The Hall–Kier alpha value is -1.14. The van der Waals surface area contributed by atoms with Crippen LogP contribution in [0.15, 0.2) is 18.3 Å². The maximum atomic E-state index is 4.53. The first-order chi connectivity index (χ1) is 8.30. The quantitative estimate of drug-likeness (QED) is 0.773. The molecule has 18 heavy (non-hydrogen) atoms. The number of aromatic nitrogens is 2. The van der Waals surface area contributed by atoms with E-state index in [-0.39, 0.29) is 0 Å². The Bertz CT molecular complexity index is 638. The lowest BCUT2D eigenvalue weighted by molar-refractivity contribution is 0.874. The molecule has 0 spiro atoms. The van der Waals surface area contributed by atoms with E-state index in [0.717, 1.165) is 11.3 Å². The van der Waals surface area contributed by atoms with Gasteiger partial charge in [0.25, 0.3) is 0 Å². The van der Waals surface area contributed by atoms with E-state index in [4.69, 9.17) is 0 Å². The molecule has 0 bridgehead atoms. The normalized spacial score (nSPS) is 12.3. The Labute approximate surface area is 109 Å². The summed E-state index contributed by atoms with van der Waals surface area (Å²) < 4.78 is 0. The molecule has 0 unspecified atom stereocenters. The fraction of sp³-hybridized carbons (Fsp3) is 0.400. The van der Waals surface area contributed by atoms with Gasteiger partial charge in [0.15, 0.2) is 0 Å². The molecule has 2 nitrogen and oxygen atoms in total. The van der Waals surface area contributed by atoms with Crippen molar-refractivity contribution in [3.05, 3.63) is 29.7 Å². The highest BCUT2D eigenvalue weighted by molar-refractivity contribution is 7.79. The van der Waals surface area contributed by atoms with Gasteiger partial charge < -0.3 is 0 Å². The number of hydrogen-bond acceptors (Lipinski definition) is 2. The summed E-state index contributed by atoms with van der Waals surface area (Å²) in [6.45, 7) is 9.56. The molecular formula is C15H21N2P. The minimum Gasteiger partial charge on any atom is -0.241 e. The molecule has 0 N–H and O–H groups in total. The topological polar surface area (TPSA) is 25.8 Å². The summed E-state index contributed by atoms with van der Waals surface area (Å²) in [6, 6.07) is 4.32. The van der Waals surface area contributed by atoms with Gasteiger partial charge >= 0.3 is 0 Å². The molecule has 0 fully saturated rings. The summed E-state index contributed by atoms with van der Waals surface area (Å²) in [5, 5.41) is 2.56. The lowest BCUT2D eigenvalue weighted by Gasteiger charge is -2.22. The Morgan fingerprint density at radius 3 is 2.44 bits per heavy atom. The predicted molar refractivity (Wildman–Crippen MR) is 83.9 cm³/mol. The van der Waals surface area contributed by atoms with Crippen molar-refractivity contribution in [1.82, 2.24) is 9.97 Å². The standard InChI is InChI=1S/C15H21N2P/c1-10(2)12-7-8-14-13(9-16-11(3)17-14)15(12)18(4,5)6/h7-10H,4H2,1-3,5-6H3. The minimum atomic E-state index is -1.35. The van der Waals surface area contributed by atoms with Crippen molar-refractivity contribution in [1.29, 1.82) is 0 Å². The van der Waals surface area contributed by atoms with Crippen LogP contribution in [0.4, 0.5) is 0 Å². The van der Waals surface area contributed by atoms with E-state index in [0.29, 0.717) is 5.92 Å². The molecule has 3 heteroatoms. The molecular weight excluding hydrogens is 239 g/mol. The van der Waals surface area contributed by atoms with E-state index >= 15 is 0 Å². The first kappa shape index (κ1) is 13.3. The third-order valence-corrected chi connectivity index (χ3v) is 4.83. The molecule has 0 amide bonds. The van der Waals surface area contributed by atoms with Crippen LogP contribution in [0.25, 0.3) is 10.9 Å². The van der Waals surface area contributed by atoms with Gasteiger partial charge in [0, 0.05) is 11.6 Å². The summed E-state index contributed by atoms with van der Waals surface area (Å²) in [6.07, 6.45) is 6.38. The van der Waals surface area contributed by atoms with Crippen LogP contribution in [-0.2, 0) is 0 Å². The Kier molecular flexibility index (Phi) is 3.33. The van der Waals surface area contributed by atoms with E-state index in [1.54, 1.807) is 0 Å². The molecule has 0 atom stereocenters. The zero-order valence-electron chi connectivity index (χ0n) is 11.9. The Morgan fingerprint density at radius 1 is 1.22 bits per heavy atom. The van der Waals surface area contributed by atoms with Crippen molar-refractivity contribution in [3.8, 4) is 0 Å². The van der Waals surface area contributed by atoms with Crippen LogP contribution in [-0.4, -0.2) is 29.6 Å². The predicted octanol–water partition coefficient (Wildman–Crippen LogP) is 3.40. The fourth-order valence-electron chi connectivity index (χ4n) is 2.34. The van der Waals surface area contributed by atoms with E-state index in [1.165, 1.54) is 16.3 Å². The molecule has 0 aliphatic heterocycles. The average molecular weight is 260 g/mol. The van der Waals surface area contributed by atoms with Crippen LogP contribution in [0.3, 0.4) is 0 Å². The lowest BCUT2D eigenvalue weighted by atomic mass is 10.0. The molecule has 0 aliphatic rings. The number of aryl methyl sites for hydroxylation is 1. The number of nitrogens with zero attached hydrogens (tertiary/aromatic N) is 2. The smallest absolute Gasteiger partial charge is 0.125 e. The van der Waals surface area contributed by atoms with Gasteiger partial charge in [0.05, 0.1) is 5.52 Å².